The minimum atomic E-state index is -0.262. The third-order valence-electron chi connectivity index (χ3n) is 5.05. The van der Waals surface area contributed by atoms with Crippen LogP contribution in [0.5, 0.6) is 5.75 Å². The number of carbonyl (C=O) groups is 1. The van der Waals surface area contributed by atoms with Gasteiger partial charge in [0.25, 0.3) is 0 Å². The molecule has 4 rings (SSSR count). The number of amides is 1. The maximum atomic E-state index is 13.1. The number of nitrogens with one attached hydrogen (secondary N) is 1. The quantitative estimate of drug-likeness (QED) is 0.899. The second-order valence-electron chi connectivity index (χ2n) is 6.94. The Morgan fingerprint density at radius 1 is 1.15 bits per heavy atom. The summed E-state index contributed by atoms with van der Waals surface area (Å²) in [5.74, 6) is 0.579. The SMILES string of the molecule is O=C(CN1CCOC(c2ccc(F)cc2)C1)NC1CCOc2ccccc21. The van der Waals surface area contributed by atoms with Crippen LogP contribution in [0.1, 0.15) is 29.7 Å². The highest BCUT2D eigenvalue weighted by Gasteiger charge is 2.26. The molecule has 0 bridgehead atoms. The van der Waals surface area contributed by atoms with E-state index in [1.807, 2.05) is 24.3 Å². The van der Waals surface area contributed by atoms with E-state index in [2.05, 4.69) is 10.2 Å². The van der Waals surface area contributed by atoms with Gasteiger partial charge in [0.15, 0.2) is 0 Å². The van der Waals surface area contributed by atoms with Crippen molar-refractivity contribution in [3.8, 4) is 5.75 Å². The van der Waals surface area contributed by atoms with Crippen LogP contribution in [-0.4, -0.2) is 43.7 Å². The molecule has 0 spiro atoms. The largest absolute Gasteiger partial charge is 0.493 e. The van der Waals surface area contributed by atoms with E-state index in [9.17, 15) is 9.18 Å². The van der Waals surface area contributed by atoms with Crippen LogP contribution in [0.25, 0.3) is 0 Å². The summed E-state index contributed by atoms with van der Waals surface area (Å²) in [5.41, 5.74) is 1.96. The lowest BCUT2D eigenvalue weighted by Crippen LogP contribution is -2.45. The van der Waals surface area contributed by atoms with Crippen molar-refractivity contribution < 1.29 is 18.7 Å². The van der Waals surface area contributed by atoms with Gasteiger partial charge in [0, 0.05) is 25.1 Å². The fraction of sp³-hybridized carbons (Fsp3) is 0.381. The van der Waals surface area contributed by atoms with Gasteiger partial charge in [-0.15, -0.1) is 0 Å². The number of carbonyl (C=O) groups excluding carboxylic acids is 1. The number of para-hydroxylation sites is 1. The Labute approximate surface area is 158 Å². The van der Waals surface area contributed by atoms with Crippen molar-refractivity contribution in [2.24, 2.45) is 0 Å². The summed E-state index contributed by atoms with van der Waals surface area (Å²) < 4.78 is 24.6. The van der Waals surface area contributed by atoms with Gasteiger partial charge in [0.1, 0.15) is 11.6 Å². The molecule has 2 aromatic carbocycles. The van der Waals surface area contributed by atoms with Gasteiger partial charge in [-0.3, -0.25) is 9.69 Å². The monoisotopic (exact) mass is 370 g/mol. The van der Waals surface area contributed by atoms with E-state index in [1.54, 1.807) is 12.1 Å². The molecule has 2 aromatic rings. The zero-order valence-corrected chi connectivity index (χ0v) is 15.1. The van der Waals surface area contributed by atoms with Crippen LogP contribution in [0.3, 0.4) is 0 Å². The van der Waals surface area contributed by atoms with E-state index in [1.165, 1.54) is 12.1 Å². The van der Waals surface area contributed by atoms with Crippen LogP contribution in [0.2, 0.25) is 0 Å². The number of rotatable bonds is 4. The Kier molecular flexibility index (Phi) is 5.36. The normalized spacial score (nSPS) is 22.6. The molecule has 0 saturated carbocycles. The summed E-state index contributed by atoms with van der Waals surface area (Å²) >= 11 is 0. The molecule has 0 radical (unpaired) electrons. The average Bonchev–Trinajstić information content (AvgIpc) is 2.69. The highest BCUT2D eigenvalue weighted by Crippen LogP contribution is 2.31. The second kappa shape index (κ2) is 8.06. The third kappa shape index (κ3) is 4.28. The van der Waals surface area contributed by atoms with Crippen LogP contribution in [0.4, 0.5) is 4.39 Å². The summed E-state index contributed by atoms with van der Waals surface area (Å²) in [4.78, 5) is 14.7. The predicted molar refractivity (Wildman–Crippen MR) is 99.0 cm³/mol. The Hall–Kier alpha value is -2.44. The lowest BCUT2D eigenvalue weighted by atomic mass is 10.0. The first-order valence-electron chi connectivity index (χ1n) is 9.29. The summed E-state index contributed by atoms with van der Waals surface area (Å²) in [6.07, 6.45) is 0.625. The van der Waals surface area contributed by atoms with Crippen LogP contribution < -0.4 is 10.1 Å². The molecule has 2 heterocycles. The minimum Gasteiger partial charge on any atom is -0.493 e. The maximum Gasteiger partial charge on any atom is 0.234 e. The van der Waals surface area contributed by atoms with E-state index < -0.39 is 0 Å². The zero-order chi connectivity index (χ0) is 18.6. The molecule has 2 unspecified atom stereocenters. The standard InChI is InChI=1S/C21H23FN2O3/c22-16-7-5-15(6-8-16)20-13-24(10-12-27-20)14-21(25)23-18-9-11-26-19-4-2-1-3-17(18)19/h1-8,18,20H,9-14H2,(H,23,25). The highest BCUT2D eigenvalue weighted by atomic mass is 19.1. The Morgan fingerprint density at radius 2 is 1.96 bits per heavy atom. The molecule has 1 saturated heterocycles. The number of morpholine rings is 1. The minimum absolute atomic E-state index is 0.00328. The lowest BCUT2D eigenvalue weighted by Gasteiger charge is -2.33. The molecule has 2 aliphatic rings. The van der Waals surface area contributed by atoms with E-state index in [0.29, 0.717) is 32.8 Å². The highest BCUT2D eigenvalue weighted by molar-refractivity contribution is 5.78. The van der Waals surface area contributed by atoms with Gasteiger partial charge in [-0.1, -0.05) is 30.3 Å². The zero-order valence-electron chi connectivity index (χ0n) is 15.1. The third-order valence-corrected chi connectivity index (χ3v) is 5.05. The fourth-order valence-electron chi connectivity index (χ4n) is 3.66. The van der Waals surface area contributed by atoms with Crippen molar-refractivity contribution >= 4 is 5.91 Å². The molecule has 5 nitrogen and oxygen atoms in total. The molecule has 1 amide bonds. The van der Waals surface area contributed by atoms with Crippen molar-refractivity contribution in [2.45, 2.75) is 18.6 Å². The maximum absolute atomic E-state index is 13.1. The summed E-state index contributed by atoms with van der Waals surface area (Å²) in [5, 5.41) is 3.13. The summed E-state index contributed by atoms with van der Waals surface area (Å²) in [6, 6.07) is 14.2. The van der Waals surface area contributed by atoms with Gasteiger partial charge >= 0.3 is 0 Å². The number of benzene rings is 2. The van der Waals surface area contributed by atoms with Crippen LogP contribution in [0.15, 0.2) is 48.5 Å². The Morgan fingerprint density at radius 3 is 2.81 bits per heavy atom. The average molecular weight is 370 g/mol. The van der Waals surface area contributed by atoms with Gasteiger partial charge in [-0.2, -0.15) is 0 Å². The van der Waals surface area contributed by atoms with Crippen molar-refractivity contribution in [1.82, 2.24) is 10.2 Å². The topological polar surface area (TPSA) is 50.8 Å². The first-order valence-corrected chi connectivity index (χ1v) is 9.29. The number of hydrogen-bond donors (Lipinski definition) is 1. The molecule has 6 heteroatoms. The van der Waals surface area contributed by atoms with Gasteiger partial charge in [-0.25, -0.2) is 4.39 Å². The molecule has 27 heavy (non-hydrogen) atoms. The van der Waals surface area contributed by atoms with Crippen molar-refractivity contribution in [1.29, 1.82) is 0 Å². The predicted octanol–water partition coefficient (Wildman–Crippen LogP) is 2.84. The molecule has 1 N–H and O–H groups in total. The Balaban J connectivity index is 1.35. The molecule has 2 aliphatic heterocycles. The van der Waals surface area contributed by atoms with Crippen LogP contribution in [0, 0.1) is 5.82 Å². The molecular formula is C21H23FN2O3. The van der Waals surface area contributed by atoms with E-state index in [0.717, 1.165) is 23.3 Å². The van der Waals surface area contributed by atoms with E-state index in [4.69, 9.17) is 9.47 Å². The van der Waals surface area contributed by atoms with E-state index in [-0.39, 0.29) is 23.9 Å². The number of halogens is 1. The Bertz CT molecular complexity index is 796. The molecule has 142 valence electrons. The van der Waals surface area contributed by atoms with Crippen molar-refractivity contribution in [3.05, 3.63) is 65.5 Å². The van der Waals surface area contributed by atoms with Gasteiger partial charge < -0.3 is 14.8 Å². The second-order valence-corrected chi connectivity index (χ2v) is 6.94. The van der Waals surface area contributed by atoms with Gasteiger partial charge in [0.2, 0.25) is 5.91 Å². The van der Waals surface area contributed by atoms with Crippen LogP contribution >= 0.6 is 0 Å². The molecule has 2 atom stereocenters. The summed E-state index contributed by atoms with van der Waals surface area (Å²) in [7, 11) is 0. The number of hydrogen-bond acceptors (Lipinski definition) is 4. The van der Waals surface area contributed by atoms with Gasteiger partial charge in [0.05, 0.1) is 31.9 Å². The molecule has 0 aromatic heterocycles. The first kappa shape index (κ1) is 17.9. The first-order chi connectivity index (χ1) is 13.2. The number of fused-ring (bicyclic) bond motifs is 1. The van der Waals surface area contributed by atoms with E-state index >= 15 is 0 Å². The van der Waals surface area contributed by atoms with Crippen molar-refractivity contribution in [2.75, 3.05) is 32.8 Å². The summed E-state index contributed by atoms with van der Waals surface area (Å²) in [6.45, 7) is 2.79. The fourth-order valence-corrected chi connectivity index (χ4v) is 3.66. The number of ether oxygens (including phenoxy) is 2. The van der Waals surface area contributed by atoms with Gasteiger partial charge in [-0.05, 0) is 23.8 Å². The molecule has 1 fully saturated rings. The number of nitrogens with zero attached hydrogens (tertiary/aromatic N) is 1. The van der Waals surface area contributed by atoms with Crippen molar-refractivity contribution in [3.63, 3.8) is 0 Å². The van der Waals surface area contributed by atoms with Crippen LogP contribution in [-0.2, 0) is 9.53 Å². The smallest absolute Gasteiger partial charge is 0.234 e. The molecule has 0 aliphatic carbocycles. The molecular weight excluding hydrogens is 347 g/mol. The lowest BCUT2D eigenvalue weighted by molar-refractivity contribution is -0.125.